The minimum Gasteiger partial charge on any atom is -0.452 e. The molecule has 0 radical (unpaired) electrons. The van der Waals surface area contributed by atoms with Gasteiger partial charge in [0.1, 0.15) is 11.6 Å². The van der Waals surface area contributed by atoms with Gasteiger partial charge in [0.05, 0.1) is 12.2 Å². The van der Waals surface area contributed by atoms with Crippen molar-refractivity contribution in [3.63, 3.8) is 0 Å². The van der Waals surface area contributed by atoms with E-state index >= 15 is 0 Å². The number of hydrogen-bond donors (Lipinski definition) is 2. The molecule has 0 saturated carbocycles. The largest absolute Gasteiger partial charge is 0.452 e. The molecule has 1 heterocycles. The topological polar surface area (TPSA) is 137 Å². The first-order valence-electron chi connectivity index (χ1n) is 9.75. The lowest BCUT2D eigenvalue weighted by atomic mass is 10.2. The molecule has 0 unspecified atom stereocenters. The number of hydrogen-bond acceptors (Lipinski definition) is 7. The number of ether oxygens (including phenoxy) is 2. The molecule has 174 valence electrons. The van der Waals surface area contributed by atoms with Gasteiger partial charge in [-0.3, -0.25) is 24.0 Å². The van der Waals surface area contributed by atoms with E-state index in [4.69, 9.17) is 26.8 Å². The van der Waals surface area contributed by atoms with Crippen molar-refractivity contribution in [1.29, 1.82) is 0 Å². The maximum absolute atomic E-state index is 13.9. The van der Waals surface area contributed by atoms with E-state index in [2.05, 4.69) is 4.98 Å². The summed E-state index contributed by atoms with van der Waals surface area (Å²) in [6, 6.07) is 3.32. The van der Waals surface area contributed by atoms with Crippen LogP contribution >= 0.6 is 11.6 Å². The van der Waals surface area contributed by atoms with E-state index in [1.165, 1.54) is 13.2 Å². The number of aromatic nitrogens is 2. The zero-order valence-corrected chi connectivity index (χ0v) is 18.4. The molecule has 0 atom stereocenters. The van der Waals surface area contributed by atoms with Crippen molar-refractivity contribution < 1.29 is 23.5 Å². The van der Waals surface area contributed by atoms with Gasteiger partial charge in [-0.05, 0) is 24.6 Å². The Hall–Kier alpha value is -3.18. The molecule has 1 amide bonds. The normalized spacial score (nSPS) is 10.8. The van der Waals surface area contributed by atoms with Gasteiger partial charge in [0.25, 0.3) is 11.5 Å². The highest BCUT2D eigenvalue weighted by Crippen LogP contribution is 2.19. The Bertz CT molecular complexity index is 1100. The fourth-order valence-corrected chi connectivity index (χ4v) is 3.03. The molecule has 2 aromatic rings. The minimum atomic E-state index is -1.11. The van der Waals surface area contributed by atoms with Crippen LogP contribution in [0, 0.1) is 5.82 Å². The van der Waals surface area contributed by atoms with Crippen molar-refractivity contribution >= 4 is 35.0 Å². The van der Waals surface area contributed by atoms with Crippen LogP contribution in [0.25, 0.3) is 0 Å². The summed E-state index contributed by atoms with van der Waals surface area (Å²) < 4.78 is 24.9. The first kappa shape index (κ1) is 25.1. The van der Waals surface area contributed by atoms with Crippen molar-refractivity contribution in [2.75, 3.05) is 37.5 Å². The zero-order valence-electron chi connectivity index (χ0n) is 17.7. The van der Waals surface area contributed by atoms with E-state index in [-0.39, 0.29) is 36.2 Å². The molecule has 0 bridgehead atoms. The number of unbranched alkanes of at least 4 members (excludes halogenated alkanes) is 1. The van der Waals surface area contributed by atoms with E-state index in [0.29, 0.717) is 6.42 Å². The van der Waals surface area contributed by atoms with Gasteiger partial charge in [-0.1, -0.05) is 24.9 Å². The molecule has 0 fully saturated rings. The van der Waals surface area contributed by atoms with E-state index in [9.17, 15) is 23.6 Å². The summed E-state index contributed by atoms with van der Waals surface area (Å²) in [5.41, 5.74) is 3.76. The highest BCUT2D eigenvalue weighted by molar-refractivity contribution is 6.30. The first-order chi connectivity index (χ1) is 15.2. The maximum atomic E-state index is 13.9. The number of methoxy groups -OCH3 is 1. The fraction of sp³-hybridized carbons (Fsp3) is 0.400. The van der Waals surface area contributed by atoms with Gasteiger partial charge < -0.3 is 15.2 Å². The molecular weight excluding hydrogens is 447 g/mol. The Labute approximate surface area is 187 Å². The van der Waals surface area contributed by atoms with Gasteiger partial charge in [-0.25, -0.2) is 14.0 Å². The third-order valence-corrected chi connectivity index (χ3v) is 4.75. The lowest BCUT2D eigenvalue weighted by Crippen LogP contribution is -2.44. The standard InChI is InChI=1S/C20H24ClFN4O6/c1-3-4-7-26-17(23)16(18(28)24-20(26)30)25(8-9-31-2)15(27)11-32-19(29)13-10-12(21)5-6-14(13)22/h5-6,10H,3-4,7-9,11,23H2,1-2H3,(H,24,28,30). The number of esters is 1. The third-order valence-electron chi connectivity index (χ3n) is 4.51. The monoisotopic (exact) mass is 470 g/mol. The number of carbonyl (C=O) groups is 2. The molecule has 10 nitrogen and oxygen atoms in total. The summed E-state index contributed by atoms with van der Waals surface area (Å²) in [6.45, 7) is 1.24. The summed E-state index contributed by atoms with van der Waals surface area (Å²) >= 11 is 5.77. The number of halogens is 2. The van der Waals surface area contributed by atoms with Crippen LogP contribution in [0.1, 0.15) is 30.1 Å². The van der Waals surface area contributed by atoms with Crippen molar-refractivity contribution in [1.82, 2.24) is 9.55 Å². The van der Waals surface area contributed by atoms with Gasteiger partial charge in [0.15, 0.2) is 12.3 Å². The summed E-state index contributed by atoms with van der Waals surface area (Å²) in [7, 11) is 1.39. The number of nitrogens with one attached hydrogen (secondary N) is 1. The van der Waals surface area contributed by atoms with Crippen LogP contribution in [-0.4, -0.2) is 48.3 Å². The van der Waals surface area contributed by atoms with Gasteiger partial charge in [-0.15, -0.1) is 0 Å². The lowest BCUT2D eigenvalue weighted by Gasteiger charge is -2.24. The second-order valence-electron chi connectivity index (χ2n) is 6.74. The molecule has 32 heavy (non-hydrogen) atoms. The summed E-state index contributed by atoms with van der Waals surface area (Å²) in [6.07, 6.45) is 1.38. The van der Waals surface area contributed by atoms with Crippen LogP contribution in [0.5, 0.6) is 0 Å². The van der Waals surface area contributed by atoms with Crippen LogP contribution < -0.4 is 21.9 Å². The van der Waals surface area contributed by atoms with Crippen molar-refractivity contribution in [3.05, 3.63) is 55.4 Å². The van der Waals surface area contributed by atoms with E-state index in [1.807, 2.05) is 6.92 Å². The average molecular weight is 471 g/mol. The van der Waals surface area contributed by atoms with Gasteiger partial charge in [0, 0.05) is 25.2 Å². The molecule has 1 aromatic carbocycles. The quantitative estimate of drug-likeness (QED) is 0.502. The highest BCUT2D eigenvalue weighted by atomic mass is 35.5. The molecule has 0 aliphatic carbocycles. The molecule has 3 N–H and O–H groups in total. The zero-order chi connectivity index (χ0) is 23.8. The Balaban J connectivity index is 2.32. The highest BCUT2D eigenvalue weighted by Gasteiger charge is 2.25. The number of rotatable bonds is 10. The van der Waals surface area contributed by atoms with Gasteiger partial charge in [-0.2, -0.15) is 0 Å². The van der Waals surface area contributed by atoms with Crippen LogP contribution in [0.15, 0.2) is 27.8 Å². The second kappa shape index (κ2) is 11.4. The molecule has 1 aromatic heterocycles. The van der Waals surface area contributed by atoms with Crippen molar-refractivity contribution in [2.45, 2.75) is 26.3 Å². The molecule has 0 aliphatic rings. The number of carbonyl (C=O) groups excluding carboxylic acids is 2. The van der Waals surface area contributed by atoms with Gasteiger partial charge >= 0.3 is 11.7 Å². The molecule has 0 saturated heterocycles. The van der Waals surface area contributed by atoms with E-state index < -0.39 is 41.1 Å². The predicted octanol–water partition coefficient (Wildman–Crippen LogP) is 1.55. The minimum absolute atomic E-state index is 0.0234. The molecule has 0 aliphatic heterocycles. The van der Waals surface area contributed by atoms with E-state index in [1.54, 1.807) is 0 Å². The Morgan fingerprint density at radius 3 is 2.69 bits per heavy atom. The molecule has 12 heteroatoms. The van der Waals surface area contributed by atoms with Gasteiger partial charge in [0.2, 0.25) is 0 Å². The lowest BCUT2D eigenvalue weighted by molar-refractivity contribution is -0.121. The summed E-state index contributed by atoms with van der Waals surface area (Å²) in [5.74, 6) is -3.01. The molecular formula is C20H24ClFN4O6. The van der Waals surface area contributed by atoms with Crippen LogP contribution in [-0.2, 0) is 20.8 Å². The number of nitrogen functional groups attached to an aromatic ring is 1. The first-order valence-corrected chi connectivity index (χ1v) is 10.1. The molecule has 0 spiro atoms. The second-order valence-corrected chi connectivity index (χ2v) is 7.17. The van der Waals surface area contributed by atoms with E-state index in [0.717, 1.165) is 28.0 Å². The number of H-pyrrole nitrogens is 1. The number of anilines is 2. The summed E-state index contributed by atoms with van der Waals surface area (Å²) in [5, 5.41) is 0.111. The molecule has 2 rings (SSSR count). The summed E-state index contributed by atoms with van der Waals surface area (Å²) in [4.78, 5) is 52.7. The Kier molecular flexibility index (Phi) is 8.97. The number of benzene rings is 1. The van der Waals surface area contributed by atoms with Crippen LogP contribution in [0.3, 0.4) is 0 Å². The van der Waals surface area contributed by atoms with Crippen LogP contribution in [0.4, 0.5) is 15.9 Å². The van der Waals surface area contributed by atoms with Crippen molar-refractivity contribution in [2.24, 2.45) is 0 Å². The Morgan fingerprint density at radius 1 is 1.31 bits per heavy atom. The maximum Gasteiger partial charge on any atom is 0.341 e. The third kappa shape index (κ3) is 5.95. The number of amides is 1. The van der Waals surface area contributed by atoms with Crippen molar-refractivity contribution in [3.8, 4) is 0 Å². The SMILES string of the molecule is CCCCn1c(N)c(N(CCOC)C(=O)COC(=O)c2cc(Cl)ccc2F)c(=O)[nH]c1=O. The number of aromatic amines is 1. The van der Waals surface area contributed by atoms with Crippen LogP contribution in [0.2, 0.25) is 5.02 Å². The average Bonchev–Trinajstić information content (AvgIpc) is 2.75. The smallest absolute Gasteiger partial charge is 0.341 e. The Morgan fingerprint density at radius 2 is 2.03 bits per heavy atom. The number of nitrogens with two attached hydrogens (primary N) is 1. The number of nitrogens with zero attached hydrogens (tertiary/aromatic N) is 2. The fourth-order valence-electron chi connectivity index (χ4n) is 2.86. The predicted molar refractivity (Wildman–Crippen MR) is 117 cm³/mol.